The fourth-order valence-corrected chi connectivity index (χ4v) is 3.23. The number of nitrogens with two attached hydrogens (primary N) is 2. The van der Waals surface area contributed by atoms with Crippen LogP contribution < -0.4 is 21.2 Å². The number of carbonyl (C=O) groups excluding carboxylic acids is 2. The molecule has 0 saturated carbocycles. The number of ketones is 2. The Morgan fingerprint density at radius 1 is 0.562 bits per heavy atom. The smallest absolute Gasteiger partial charge is 0.213 e. The fourth-order valence-electron chi connectivity index (χ4n) is 3.23. The lowest BCUT2D eigenvalue weighted by Crippen LogP contribution is -2.16. The Balaban J connectivity index is 1.83. The maximum Gasteiger partial charge on any atom is 0.213 e. The molecule has 6 heteroatoms. The first-order chi connectivity index (χ1) is 15.6. The van der Waals surface area contributed by atoms with E-state index in [2.05, 4.69) is 0 Å². The quantitative estimate of drug-likeness (QED) is 0.193. The first-order valence-corrected chi connectivity index (χ1v) is 9.87. The van der Waals surface area contributed by atoms with E-state index >= 15 is 0 Å². The Labute approximate surface area is 184 Å². The maximum atomic E-state index is 13.5. The number of carbonyl (C=O) groups is 2. The Kier molecular flexibility index (Phi) is 5.85. The maximum absolute atomic E-state index is 13.5. The number of benzene rings is 4. The van der Waals surface area contributed by atoms with Crippen LogP contribution in [0, 0.1) is 0 Å². The van der Waals surface area contributed by atoms with E-state index in [9.17, 15) is 9.59 Å². The third-order valence-corrected chi connectivity index (χ3v) is 4.87. The van der Waals surface area contributed by atoms with Gasteiger partial charge in [-0.05, 0) is 24.3 Å². The molecule has 0 aliphatic carbocycles. The SMILES string of the molecule is Nc1ccccc1OOc1c(N)ccc(C(=O)c2ccccc2)c1C(=O)c1ccccc1. The van der Waals surface area contributed by atoms with E-state index in [1.54, 1.807) is 78.9 Å². The fraction of sp³-hybridized carbons (Fsp3) is 0. The molecule has 158 valence electrons. The van der Waals surface area contributed by atoms with Gasteiger partial charge in [0, 0.05) is 16.7 Å². The zero-order valence-electron chi connectivity index (χ0n) is 17.0. The summed E-state index contributed by atoms with van der Waals surface area (Å²) < 4.78 is 0. The molecule has 0 atom stereocenters. The van der Waals surface area contributed by atoms with Crippen LogP contribution in [-0.4, -0.2) is 11.6 Å². The molecule has 4 aromatic rings. The Morgan fingerprint density at radius 2 is 1.12 bits per heavy atom. The highest BCUT2D eigenvalue weighted by molar-refractivity contribution is 6.21. The summed E-state index contributed by atoms with van der Waals surface area (Å²) in [6, 6.07) is 27.0. The van der Waals surface area contributed by atoms with Crippen LogP contribution in [0.15, 0.2) is 97.1 Å². The first-order valence-electron chi connectivity index (χ1n) is 9.87. The molecule has 0 aliphatic heterocycles. The summed E-state index contributed by atoms with van der Waals surface area (Å²) in [5.41, 5.74) is 13.5. The molecule has 0 aromatic heterocycles. The molecule has 4 N–H and O–H groups in total. The molecule has 32 heavy (non-hydrogen) atoms. The van der Waals surface area contributed by atoms with E-state index in [0.717, 1.165) is 0 Å². The average molecular weight is 424 g/mol. The summed E-state index contributed by atoms with van der Waals surface area (Å²) in [7, 11) is 0. The van der Waals surface area contributed by atoms with Crippen LogP contribution in [-0.2, 0) is 0 Å². The van der Waals surface area contributed by atoms with Gasteiger partial charge in [0.1, 0.15) is 0 Å². The lowest BCUT2D eigenvalue weighted by atomic mass is 9.92. The second kappa shape index (κ2) is 9.06. The molecule has 0 saturated heterocycles. The molecular formula is C26H20N2O4. The van der Waals surface area contributed by atoms with Gasteiger partial charge >= 0.3 is 0 Å². The van der Waals surface area contributed by atoms with Crippen molar-refractivity contribution in [1.29, 1.82) is 0 Å². The molecule has 0 amide bonds. The van der Waals surface area contributed by atoms with Crippen LogP contribution in [0.4, 0.5) is 11.4 Å². The van der Waals surface area contributed by atoms with Crippen molar-refractivity contribution in [2.24, 2.45) is 0 Å². The van der Waals surface area contributed by atoms with Crippen molar-refractivity contribution in [3.8, 4) is 11.5 Å². The van der Waals surface area contributed by atoms with Gasteiger partial charge < -0.3 is 11.5 Å². The van der Waals surface area contributed by atoms with Gasteiger partial charge in [-0.2, -0.15) is 0 Å². The highest BCUT2D eigenvalue weighted by Gasteiger charge is 2.27. The van der Waals surface area contributed by atoms with Crippen LogP contribution in [0.25, 0.3) is 0 Å². The van der Waals surface area contributed by atoms with Crippen molar-refractivity contribution in [2.75, 3.05) is 11.5 Å². The lowest BCUT2D eigenvalue weighted by Gasteiger charge is -2.16. The topological polar surface area (TPSA) is 105 Å². The molecule has 0 radical (unpaired) electrons. The lowest BCUT2D eigenvalue weighted by molar-refractivity contribution is -0.0987. The molecule has 4 aromatic carbocycles. The molecule has 0 bridgehead atoms. The normalized spacial score (nSPS) is 10.4. The Hall–Kier alpha value is -4.58. The largest absolute Gasteiger partial charge is 0.396 e. The summed E-state index contributed by atoms with van der Waals surface area (Å²) in [6.45, 7) is 0. The van der Waals surface area contributed by atoms with E-state index < -0.39 is 5.78 Å². The van der Waals surface area contributed by atoms with Crippen LogP contribution in [0.1, 0.15) is 31.8 Å². The predicted octanol–water partition coefficient (Wildman–Crippen LogP) is 4.69. The van der Waals surface area contributed by atoms with Gasteiger partial charge in [-0.1, -0.05) is 72.8 Å². The Morgan fingerprint density at radius 3 is 1.75 bits per heavy atom. The number of rotatable bonds is 7. The number of hydrogen-bond acceptors (Lipinski definition) is 6. The van der Waals surface area contributed by atoms with E-state index in [1.165, 1.54) is 12.1 Å². The molecule has 0 fully saturated rings. The van der Waals surface area contributed by atoms with Gasteiger partial charge in [-0.3, -0.25) is 19.4 Å². The van der Waals surface area contributed by atoms with Crippen LogP contribution >= 0.6 is 0 Å². The number of nitrogen functional groups attached to an aromatic ring is 2. The van der Waals surface area contributed by atoms with Gasteiger partial charge in [0.05, 0.1) is 16.9 Å². The van der Waals surface area contributed by atoms with Gasteiger partial charge in [-0.15, -0.1) is 0 Å². The molecule has 0 heterocycles. The number of para-hydroxylation sites is 2. The summed E-state index contributed by atoms with van der Waals surface area (Å²) in [5, 5.41) is 0. The van der Waals surface area contributed by atoms with Gasteiger partial charge in [0.2, 0.25) is 11.5 Å². The van der Waals surface area contributed by atoms with Crippen molar-refractivity contribution in [3.63, 3.8) is 0 Å². The highest BCUT2D eigenvalue weighted by atomic mass is 17.2. The second-order valence-corrected chi connectivity index (χ2v) is 7.00. The Bertz CT molecular complexity index is 1270. The summed E-state index contributed by atoms with van der Waals surface area (Å²) in [6.07, 6.45) is 0. The van der Waals surface area contributed by atoms with Crippen molar-refractivity contribution in [1.82, 2.24) is 0 Å². The van der Waals surface area contributed by atoms with Crippen LogP contribution in [0.5, 0.6) is 11.5 Å². The van der Waals surface area contributed by atoms with Gasteiger partial charge in [-0.25, -0.2) is 0 Å². The minimum absolute atomic E-state index is 0.0135. The molecule has 0 aliphatic rings. The first kappa shape index (κ1) is 20.7. The molecule has 0 spiro atoms. The van der Waals surface area contributed by atoms with Crippen molar-refractivity contribution >= 4 is 22.9 Å². The van der Waals surface area contributed by atoms with Crippen LogP contribution in [0.2, 0.25) is 0 Å². The minimum Gasteiger partial charge on any atom is -0.396 e. The predicted molar refractivity (Wildman–Crippen MR) is 123 cm³/mol. The average Bonchev–Trinajstić information content (AvgIpc) is 2.84. The third kappa shape index (κ3) is 4.15. The van der Waals surface area contributed by atoms with E-state index in [-0.39, 0.29) is 34.1 Å². The summed E-state index contributed by atoms with van der Waals surface area (Å²) >= 11 is 0. The van der Waals surface area contributed by atoms with Crippen LogP contribution in [0.3, 0.4) is 0 Å². The third-order valence-electron chi connectivity index (χ3n) is 4.87. The summed E-state index contributed by atoms with van der Waals surface area (Å²) in [5.74, 6) is -0.556. The van der Waals surface area contributed by atoms with Crippen molar-refractivity contribution in [2.45, 2.75) is 0 Å². The van der Waals surface area contributed by atoms with Gasteiger partial charge in [0.25, 0.3) is 0 Å². The van der Waals surface area contributed by atoms with Gasteiger partial charge in [0.15, 0.2) is 11.6 Å². The standard InChI is InChI=1S/C26H20N2O4/c27-20-13-7-8-14-22(20)31-32-26-21(28)16-15-19(24(29)17-9-3-1-4-10-17)23(26)25(30)18-11-5-2-6-12-18/h1-16H,27-28H2. The van der Waals surface area contributed by atoms with Crippen molar-refractivity contribution < 1.29 is 19.4 Å². The summed E-state index contributed by atoms with van der Waals surface area (Å²) in [4.78, 5) is 37.7. The van der Waals surface area contributed by atoms with E-state index in [4.69, 9.17) is 21.2 Å². The minimum atomic E-state index is -0.420. The number of hydrogen-bond donors (Lipinski definition) is 2. The van der Waals surface area contributed by atoms with Crippen molar-refractivity contribution in [3.05, 3.63) is 119 Å². The van der Waals surface area contributed by atoms with E-state index in [0.29, 0.717) is 16.8 Å². The molecule has 0 unspecified atom stereocenters. The zero-order chi connectivity index (χ0) is 22.5. The van der Waals surface area contributed by atoms with E-state index in [1.807, 2.05) is 6.07 Å². The highest BCUT2D eigenvalue weighted by Crippen LogP contribution is 2.34. The zero-order valence-corrected chi connectivity index (χ0v) is 17.0. The molecule has 6 nitrogen and oxygen atoms in total. The monoisotopic (exact) mass is 424 g/mol. The number of anilines is 2. The second-order valence-electron chi connectivity index (χ2n) is 7.00. The molecular weight excluding hydrogens is 404 g/mol. The molecule has 4 rings (SSSR count).